The number of unbranched alkanes of at least 4 members (excludes halogenated alkanes) is 1. The van der Waals surface area contributed by atoms with Crippen molar-refractivity contribution in [1.29, 1.82) is 0 Å². The maximum atomic E-state index is 13.6. The Balaban J connectivity index is 2.32. The Morgan fingerprint density at radius 1 is 0.952 bits per heavy atom. The van der Waals surface area contributed by atoms with E-state index in [2.05, 4.69) is 48.0 Å². The Hall–Kier alpha value is -1.15. The van der Waals surface area contributed by atoms with Crippen LogP contribution in [0.1, 0.15) is 47.4 Å². The fourth-order valence-electron chi connectivity index (χ4n) is 2.67. The summed E-state index contributed by atoms with van der Waals surface area (Å²) >= 11 is 3.48. The van der Waals surface area contributed by atoms with Gasteiger partial charge in [0.2, 0.25) is 0 Å². The number of halogens is 2. The molecule has 0 N–H and O–H groups in total. The van der Waals surface area contributed by atoms with Crippen molar-refractivity contribution in [3.05, 3.63) is 70.5 Å². The number of hydrogen-bond acceptors (Lipinski definition) is 0. The molecular weight excluding hydrogens is 327 g/mol. The Morgan fingerprint density at radius 2 is 1.71 bits per heavy atom. The average molecular weight is 349 g/mol. The van der Waals surface area contributed by atoms with Gasteiger partial charge in [0.25, 0.3) is 0 Å². The van der Waals surface area contributed by atoms with Gasteiger partial charge < -0.3 is 0 Å². The molecule has 0 aliphatic heterocycles. The monoisotopic (exact) mass is 348 g/mol. The summed E-state index contributed by atoms with van der Waals surface area (Å²) in [5.41, 5.74) is 4.97. The van der Waals surface area contributed by atoms with Gasteiger partial charge in [0, 0.05) is 11.2 Å². The minimum Gasteiger partial charge on any atom is -0.207 e. The Kier molecular flexibility index (Phi) is 5.98. The molecule has 0 saturated carbocycles. The quantitative estimate of drug-likeness (QED) is 0.434. The second-order valence-electron chi connectivity index (χ2n) is 5.64. The summed E-state index contributed by atoms with van der Waals surface area (Å²) in [4.78, 5) is 0. The maximum absolute atomic E-state index is 13.6. The van der Waals surface area contributed by atoms with Crippen LogP contribution in [0, 0.1) is 19.7 Å². The summed E-state index contributed by atoms with van der Waals surface area (Å²) in [5, 5.41) is 1.02. The van der Waals surface area contributed by atoms with Gasteiger partial charge in [-0.15, -0.1) is 0 Å². The van der Waals surface area contributed by atoms with Gasteiger partial charge in [0.15, 0.2) is 0 Å². The Labute approximate surface area is 135 Å². The summed E-state index contributed by atoms with van der Waals surface area (Å²) in [7, 11) is 0. The molecule has 2 aromatic rings. The van der Waals surface area contributed by atoms with Gasteiger partial charge in [-0.2, -0.15) is 0 Å². The van der Waals surface area contributed by atoms with Crippen molar-refractivity contribution in [3.63, 3.8) is 0 Å². The lowest BCUT2D eigenvalue weighted by Gasteiger charge is -2.19. The second kappa shape index (κ2) is 7.74. The smallest absolute Gasteiger partial charge is 0.123 e. The fraction of sp³-hybridized carbons (Fsp3) is 0.368. The van der Waals surface area contributed by atoms with Crippen LogP contribution >= 0.6 is 15.9 Å². The topological polar surface area (TPSA) is 0 Å². The fourth-order valence-corrected chi connectivity index (χ4v) is 3.07. The minimum absolute atomic E-state index is 0.151. The van der Waals surface area contributed by atoms with Crippen LogP contribution in [0.4, 0.5) is 4.39 Å². The van der Waals surface area contributed by atoms with Crippen molar-refractivity contribution in [2.24, 2.45) is 0 Å². The lowest BCUT2D eigenvalue weighted by atomic mass is 9.86. The Bertz CT molecular complexity index is 592. The van der Waals surface area contributed by atoms with Crippen LogP contribution in [0.3, 0.4) is 0 Å². The van der Waals surface area contributed by atoms with Crippen molar-refractivity contribution >= 4 is 15.9 Å². The van der Waals surface area contributed by atoms with E-state index in [9.17, 15) is 4.39 Å². The van der Waals surface area contributed by atoms with E-state index >= 15 is 0 Å². The van der Waals surface area contributed by atoms with Crippen LogP contribution in [0.2, 0.25) is 0 Å². The Morgan fingerprint density at radius 3 is 2.38 bits per heavy atom. The number of alkyl halides is 1. The molecule has 0 fully saturated rings. The van der Waals surface area contributed by atoms with Gasteiger partial charge in [-0.05, 0) is 61.1 Å². The van der Waals surface area contributed by atoms with Crippen molar-refractivity contribution in [2.75, 3.05) is 5.33 Å². The van der Waals surface area contributed by atoms with E-state index in [4.69, 9.17) is 0 Å². The van der Waals surface area contributed by atoms with E-state index in [1.807, 2.05) is 12.1 Å². The molecule has 0 nitrogen and oxygen atoms in total. The highest BCUT2D eigenvalue weighted by molar-refractivity contribution is 9.09. The van der Waals surface area contributed by atoms with Crippen molar-refractivity contribution in [2.45, 2.75) is 39.0 Å². The summed E-state index contributed by atoms with van der Waals surface area (Å²) in [5.74, 6) is 0.126. The third kappa shape index (κ3) is 4.41. The van der Waals surface area contributed by atoms with Gasteiger partial charge >= 0.3 is 0 Å². The first-order valence-electron chi connectivity index (χ1n) is 7.50. The summed E-state index contributed by atoms with van der Waals surface area (Å²) in [6.07, 6.45) is 3.34. The minimum atomic E-state index is -0.151. The molecule has 112 valence electrons. The highest BCUT2D eigenvalue weighted by Crippen LogP contribution is 2.31. The van der Waals surface area contributed by atoms with Crippen molar-refractivity contribution < 1.29 is 4.39 Å². The van der Waals surface area contributed by atoms with E-state index in [-0.39, 0.29) is 11.7 Å². The van der Waals surface area contributed by atoms with E-state index < -0.39 is 0 Å². The van der Waals surface area contributed by atoms with E-state index in [0.717, 1.165) is 30.2 Å². The lowest BCUT2D eigenvalue weighted by Crippen LogP contribution is -2.03. The molecule has 0 saturated heterocycles. The maximum Gasteiger partial charge on any atom is 0.123 e. The predicted molar refractivity (Wildman–Crippen MR) is 91.8 cm³/mol. The molecule has 0 heterocycles. The summed E-state index contributed by atoms with van der Waals surface area (Å²) in [6.45, 7) is 4.26. The van der Waals surface area contributed by atoms with Crippen LogP contribution in [-0.2, 0) is 0 Å². The van der Waals surface area contributed by atoms with Crippen LogP contribution in [0.15, 0.2) is 42.5 Å². The largest absolute Gasteiger partial charge is 0.207 e. The first-order chi connectivity index (χ1) is 10.1. The van der Waals surface area contributed by atoms with Crippen LogP contribution in [-0.4, -0.2) is 5.33 Å². The zero-order valence-electron chi connectivity index (χ0n) is 12.7. The van der Waals surface area contributed by atoms with Crippen LogP contribution in [0.5, 0.6) is 0 Å². The number of aryl methyl sites for hydroxylation is 2. The molecule has 1 atom stereocenters. The molecule has 2 aromatic carbocycles. The zero-order valence-corrected chi connectivity index (χ0v) is 14.3. The third-order valence-corrected chi connectivity index (χ3v) is 4.62. The highest BCUT2D eigenvalue weighted by atomic mass is 79.9. The van der Waals surface area contributed by atoms with E-state index in [1.54, 1.807) is 6.07 Å². The van der Waals surface area contributed by atoms with Crippen LogP contribution in [0.25, 0.3) is 0 Å². The molecule has 0 spiro atoms. The molecule has 2 heteroatoms. The molecule has 0 radical (unpaired) electrons. The van der Waals surface area contributed by atoms with E-state index in [1.165, 1.54) is 22.8 Å². The summed E-state index contributed by atoms with van der Waals surface area (Å²) < 4.78 is 13.6. The number of benzene rings is 2. The molecule has 0 aliphatic carbocycles. The van der Waals surface area contributed by atoms with Gasteiger partial charge in [0.05, 0.1) is 0 Å². The molecular formula is C19H22BrF. The van der Waals surface area contributed by atoms with Gasteiger partial charge in [-0.25, -0.2) is 4.39 Å². The second-order valence-corrected chi connectivity index (χ2v) is 6.43. The first-order valence-corrected chi connectivity index (χ1v) is 8.62. The molecule has 0 aromatic heterocycles. The molecule has 0 amide bonds. The first kappa shape index (κ1) is 16.2. The van der Waals surface area contributed by atoms with Crippen molar-refractivity contribution in [1.82, 2.24) is 0 Å². The SMILES string of the molecule is Cc1ccc([C@H](CCCCBr)c2cccc(F)c2)cc1C. The third-order valence-electron chi connectivity index (χ3n) is 4.06. The van der Waals surface area contributed by atoms with Crippen molar-refractivity contribution in [3.8, 4) is 0 Å². The molecule has 0 aliphatic rings. The van der Waals surface area contributed by atoms with Gasteiger partial charge in [-0.1, -0.05) is 52.7 Å². The molecule has 21 heavy (non-hydrogen) atoms. The van der Waals surface area contributed by atoms with Gasteiger partial charge in [0.1, 0.15) is 5.82 Å². The average Bonchev–Trinajstić information content (AvgIpc) is 2.47. The molecule has 2 rings (SSSR count). The normalized spacial score (nSPS) is 12.4. The summed E-state index contributed by atoms with van der Waals surface area (Å²) in [6, 6.07) is 13.6. The standard InChI is InChI=1S/C19H22BrF/c1-14-9-10-17(12-15(14)2)19(8-3-4-11-20)16-6-5-7-18(21)13-16/h5-7,9-10,12-13,19H,3-4,8,11H2,1-2H3/t19-/m1/s1. The zero-order chi connectivity index (χ0) is 15.2. The lowest BCUT2D eigenvalue weighted by molar-refractivity contribution is 0.614. The van der Waals surface area contributed by atoms with Gasteiger partial charge in [-0.3, -0.25) is 0 Å². The van der Waals surface area contributed by atoms with Crippen LogP contribution < -0.4 is 0 Å². The molecule has 0 unspecified atom stereocenters. The number of rotatable bonds is 6. The number of hydrogen-bond donors (Lipinski definition) is 0. The molecule has 0 bridgehead atoms. The highest BCUT2D eigenvalue weighted by Gasteiger charge is 2.15. The van der Waals surface area contributed by atoms with E-state index in [0.29, 0.717) is 0 Å². The predicted octanol–water partition coefficient (Wildman–Crippen LogP) is 6.14.